The number of fused-ring (bicyclic) bond motifs is 2. The summed E-state index contributed by atoms with van der Waals surface area (Å²) >= 11 is 0. The molecule has 0 aliphatic heterocycles. The maximum atomic E-state index is 5.63. The zero-order valence-electron chi connectivity index (χ0n) is 12.9. The third kappa shape index (κ3) is 2.13. The number of hydrogen-bond acceptors (Lipinski definition) is 2. The number of aryl methyl sites for hydroxylation is 1. The van der Waals surface area contributed by atoms with E-state index in [1.54, 1.807) is 0 Å². The molecule has 0 saturated heterocycles. The molecule has 1 N–H and O–H groups in total. The summed E-state index contributed by atoms with van der Waals surface area (Å²) in [5.74, 6) is 1.18. The highest BCUT2D eigenvalue weighted by Gasteiger charge is 2.40. The Kier molecular flexibility index (Phi) is 2.97. The summed E-state index contributed by atoms with van der Waals surface area (Å²) in [4.78, 5) is 0. The van der Waals surface area contributed by atoms with Crippen LogP contribution in [0.3, 0.4) is 0 Å². The molecule has 0 radical (unpaired) electrons. The van der Waals surface area contributed by atoms with Crippen molar-refractivity contribution in [2.24, 2.45) is 5.41 Å². The van der Waals surface area contributed by atoms with Gasteiger partial charge in [0.25, 0.3) is 0 Å². The first-order chi connectivity index (χ1) is 10.1. The molecule has 2 nitrogen and oxygen atoms in total. The normalized spacial score (nSPS) is 26.4. The number of rotatable bonds is 2. The van der Waals surface area contributed by atoms with Gasteiger partial charge in [-0.15, -0.1) is 0 Å². The van der Waals surface area contributed by atoms with Crippen molar-refractivity contribution in [3.05, 3.63) is 59.0 Å². The molecular formula is C19H23NO. The van der Waals surface area contributed by atoms with Crippen LogP contribution in [0.5, 0.6) is 0 Å². The van der Waals surface area contributed by atoms with Crippen molar-refractivity contribution in [2.45, 2.75) is 51.6 Å². The van der Waals surface area contributed by atoms with E-state index in [2.05, 4.69) is 49.5 Å². The molecule has 0 bridgehead atoms. The number of furan rings is 1. The second-order valence-electron chi connectivity index (χ2n) is 7.21. The molecule has 1 aromatic heterocycles. The zero-order chi connectivity index (χ0) is 14.4. The molecule has 1 heterocycles. The topological polar surface area (TPSA) is 25.2 Å². The summed E-state index contributed by atoms with van der Waals surface area (Å²) < 4.78 is 5.63. The van der Waals surface area contributed by atoms with Crippen molar-refractivity contribution in [3.8, 4) is 0 Å². The van der Waals surface area contributed by atoms with Crippen molar-refractivity contribution in [1.82, 2.24) is 5.32 Å². The van der Waals surface area contributed by atoms with Crippen LogP contribution in [0.2, 0.25) is 0 Å². The summed E-state index contributed by atoms with van der Waals surface area (Å²) in [6, 6.07) is 11.9. The Morgan fingerprint density at radius 1 is 1.14 bits per heavy atom. The van der Waals surface area contributed by atoms with Gasteiger partial charge in [0.15, 0.2) is 0 Å². The smallest absolute Gasteiger partial charge is 0.108 e. The Morgan fingerprint density at radius 2 is 2.00 bits per heavy atom. The van der Waals surface area contributed by atoms with Crippen LogP contribution in [0.4, 0.5) is 0 Å². The third-order valence-electron chi connectivity index (χ3n) is 5.21. The van der Waals surface area contributed by atoms with E-state index in [0.717, 1.165) is 12.8 Å². The average molecular weight is 281 g/mol. The lowest BCUT2D eigenvalue weighted by atomic mass is 9.83. The van der Waals surface area contributed by atoms with Crippen molar-refractivity contribution in [2.75, 3.05) is 0 Å². The van der Waals surface area contributed by atoms with E-state index in [1.807, 2.05) is 6.26 Å². The van der Waals surface area contributed by atoms with Gasteiger partial charge in [0.1, 0.15) is 5.76 Å². The maximum absolute atomic E-state index is 5.63. The quantitative estimate of drug-likeness (QED) is 0.872. The molecule has 1 aromatic carbocycles. The first-order valence-electron chi connectivity index (χ1n) is 8.05. The Bertz CT molecular complexity index is 655. The molecule has 0 saturated carbocycles. The Morgan fingerprint density at radius 3 is 2.90 bits per heavy atom. The molecule has 2 unspecified atom stereocenters. The Balaban J connectivity index is 1.66. The standard InChI is InChI=1S/C19H23NO/c1-19(2)12-13-6-3-4-7-14(13)18(19)20-16-8-5-9-17-15(16)10-11-21-17/h3-4,6-7,10-11,16,18,20H,5,8-9,12H2,1-2H3. The molecule has 110 valence electrons. The summed E-state index contributed by atoms with van der Waals surface area (Å²) in [7, 11) is 0. The molecular weight excluding hydrogens is 258 g/mol. The highest BCUT2D eigenvalue weighted by atomic mass is 16.3. The maximum Gasteiger partial charge on any atom is 0.108 e. The summed E-state index contributed by atoms with van der Waals surface area (Å²) in [5.41, 5.74) is 4.63. The lowest BCUT2D eigenvalue weighted by Crippen LogP contribution is -2.35. The second kappa shape index (κ2) is 4.74. The first-order valence-corrected chi connectivity index (χ1v) is 8.05. The lowest BCUT2D eigenvalue weighted by molar-refractivity contribution is 0.237. The van der Waals surface area contributed by atoms with Gasteiger partial charge in [-0.2, -0.15) is 0 Å². The van der Waals surface area contributed by atoms with Crippen LogP contribution in [0, 0.1) is 5.41 Å². The highest BCUT2D eigenvalue weighted by Crippen LogP contribution is 2.47. The van der Waals surface area contributed by atoms with E-state index in [-0.39, 0.29) is 5.41 Å². The lowest BCUT2D eigenvalue weighted by Gasteiger charge is -2.34. The van der Waals surface area contributed by atoms with Gasteiger partial charge >= 0.3 is 0 Å². The van der Waals surface area contributed by atoms with Gasteiger partial charge in [-0.25, -0.2) is 0 Å². The Hall–Kier alpha value is -1.54. The molecule has 4 rings (SSSR count). The fraction of sp³-hybridized carbons (Fsp3) is 0.474. The van der Waals surface area contributed by atoms with E-state index in [1.165, 1.54) is 35.3 Å². The van der Waals surface area contributed by atoms with Crippen molar-refractivity contribution < 1.29 is 4.42 Å². The van der Waals surface area contributed by atoms with Crippen LogP contribution in [0.15, 0.2) is 41.0 Å². The fourth-order valence-electron chi connectivity index (χ4n) is 4.17. The highest BCUT2D eigenvalue weighted by molar-refractivity contribution is 5.38. The summed E-state index contributed by atoms with van der Waals surface area (Å²) in [6.45, 7) is 4.76. The van der Waals surface area contributed by atoms with Gasteiger partial charge < -0.3 is 9.73 Å². The van der Waals surface area contributed by atoms with Gasteiger partial charge in [0, 0.05) is 24.1 Å². The van der Waals surface area contributed by atoms with E-state index in [0.29, 0.717) is 12.1 Å². The number of hydrogen-bond donors (Lipinski definition) is 1. The van der Waals surface area contributed by atoms with E-state index < -0.39 is 0 Å². The minimum Gasteiger partial charge on any atom is -0.469 e. The minimum atomic E-state index is 0.269. The van der Waals surface area contributed by atoms with Gasteiger partial charge in [0.05, 0.1) is 6.26 Å². The fourth-order valence-corrected chi connectivity index (χ4v) is 4.17. The average Bonchev–Trinajstić information content (AvgIpc) is 3.02. The Labute approximate surface area is 126 Å². The van der Waals surface area contributed by atoms with Gasteiger partial charge in [-0.1, -0.05) is 38.1 Å². The largest absolute Gasteiger partial charge is 0.469 e. The predicted octanol–water partition coefficient (Wildman–Crippen LogP) is 4.57. The minimum absolute atomic E-state index is 0.269. The molecule has 0 spiro atoms. The van der Waals surface area contributed by atoms with Gasteiger partial charge in [-0.05, 0) is 41.9 Å². The summed E-state index contributed by atoms with van der Waals surface area (Å²) in [6.07, 6.45) is 6.52. The van der Waals surface area contributed by atoms with Gasteiger partial charge in [-0.3, -0.25) is 0 Å². The molecule has 0 amide bonds. The SMILES string of the molecule is CC1(C)Cc2ccccc2C1NC1CCCc2occc21. The van der Waals surface area contributed by atoms with Gasteiger partial charge in [0.2, 0.25) is 0 Å². The monoisotopic (exact) mass is 281 g/mol. The summed E-state index contributed by atoms with van der Waals surface area (Å²) in [5, 5.41) is 3.95. The van der Waals surface area contributed by atoms with Crippen molar-refractivity contribution in [1.29, 1.82) is 0 Å². The molecule has 21 heavy (non-hydrogen) atoms. The predicted molar refractivity (Wildman–Crippen MR) is 84.2 cm³/mol. The van der Waals surface area contributed by atoms with E-state index in [4.69, 9.17) is 4.42 Å². The molecule has 2 heteroatoms. The van der Waals surface area contributed by atoms with Crippen LogP contribution in [-0.2, 0) is 12.8 Å². The molecule has 2 atom stereocenters. The van der Waals surface area contributed by atoms with Crippen molar-refractivity contribution >= 4 is 0 Å². The van der Waals surface area contributed by atoms with E-state index in [9.17, 15) is 0 Å². The number of benzene rings is 1. The van der Waals surface area contributed by atoms with Crippen LogP contribution in [0.1, 0.15) is 61.2 Å². The van der Waals surface area contributed by atoms with Crippen LogP contribution >= 0.6 is 0 Å². The first kappa shape index (κ1) is 13.1. The van der Waals surface area contributed by atoms with E-state index >= 15 is 0 Å². The van der Waals surface area contributed by atoms with Crippen LogP contribution in [-0.4, -0.2) is 0 Å². The molecule has 2 aromatic rings. The number of nitrogens with one attached hydrogen (secondary N) is 1. The van der Waals surface area contributed by atoms with Crippen LogP contribution in [0.25, 0.3) is 0 Å². The molecule has 0 fully saturated rings. The van der Waals surface area contributed by atoms with Crippen molar-refractivity contribution in [3.63, 3.8) is 0 Å². The zero-order valence-corrected chi connectivity index (χ0v) is 12.9. The van der Waals surface area contributed by atoms with Crippen LogP contribution < -0.4 is 5.32 Å². The second-order valence-corrected chi connectivity index (χ2v) is 7.21. The molecule has 2 aliphatic carbocycles. The third-order valence-corrected chi connectivity index (χ3v) is 5.21. The molecule has 2 aliphatic rings.